The molecule has 2 N–H and O–H groups in total. The van der Waals surface area contributed by atoms with Crippen LogP contribution in [-0.2, 0) is 0 Å². The largest absolute Gasteiger partial charge is 0.506 e. The van der Waals surface area contributed by atoms with Crippen molar-refractivity contribution in [1.82, 2.24) is 4.98 Å². The Balaban J connectivity index is 2.29. The minimum Gasteiger partial charge on any atom is -0.506 e. The highest BCUT2D eigenvalue weighted by molar-refractivity contribution is 7.12. The lowest BCUT2D eigenvalue weighted by Crippen LogP contribution is -2.18. The molecule has 0 fully saturated rings. The van der Waals surface area contributed by atoms with Crippen LogP contribution in [0, 0.1) is 0 Å². The maximum Gasteiger partial charge on any atom is 0.263 e. The van der Waals surface area contributed by atoms with E-state index in [1.165, 1.54) is 17.4 Å². The Kier molecular flexibility index (Phi) is 3.08. The van der Waals surface area contributed by atoms with Crippen LogP contribution in [0.3, 0.4) is 0 Å². The van der Waals surface area contributed by atoms with Gasteiger partial charge in [0.05, 0.1) is 10.4 Å². The first-order chi connectivity index (χ1) is 9.58. The van der Waals surface area contributed by atoms with Crippen molar-refractivity contribution in [3.63, 3.8) is 0 Å². The second-order valence-electron chi connectivity index (χ2n) is 4.17. The molecule has 3 rings (SSSR count). The molecule has 0 aliphatic carbocycles. The molecule has 0 amide bonds. The number of pyridine rings is 1. The number of halogens is 1. The number of fused-ring (bicyclic) bond motifs is 1. The van der Waals surface area contributed by atoms with Gasteiger partial charge in [0.1, 0.15) is 11.3 Å². The van der Waals surface area contributed by atoms with Crippen molar-refractivity contribution in [2.24, 2.45) is 0 Å². The quantitative estimate of drug-likeness (QED) is 0.714. The second-order valence-corrected chi connectivity index (χ2v) is 5.56. The van der Waals surface area contributed by atoms with Crippen LogP contribution in [-0.4, -0.2) is 15.9 Å². The van der Waals surface area contributed by atoms with Crippen molar-refractivity contribution >= 4 is 39.6 Å². The van der Waals surface area contributed by atoms with Crippen LogP contribution >= 0.6 is 22.9 Å². The molecule has 3 aromatic rings. The maximum atomic E-state index is 12.3. The van der Waals surface area contributed by atoms with E-state index in [4.69, 9.17) is 11.6 Å². The molecule has 2 aromatic heterocycles. The summed E-state index contributed by atoms with van der Waals surface area (Å²) in [6, 6.07) is 7.99. The first-order valence-electron chi connectivity index (χ1n) is 5.70. The SMILES string of the molecule is O=C(c1cccs1)c1c(O)c2ccc(Cl)cc2[nH]c1=O. The van der Waals surface area contributed by atoms with Gasteiger partial charge in [-0.15, -0.1) is 11.3 Å². The fraction of sp³-hybridized carbons (Fsp3) is 0. The molecule has 100 valence electrons. The van der Waals surface area contributed by atoms with Crippen LogP contribution in [0.5, 0.6) is 5.75 Å². The number of hydrogen-bond donors (Lipinski definition) is 2. The highest BCUT2D eigenvalue weighted by atomic mass is 35.5. The molecule has 0 radical (unpaired) electrons. The topological polar surface area (TPSA) is 70.2 Å². The Morgan fingerprint density at radius 3 is 2.80 bits per heavy atom. The van der Waals surface area contributed by atoms with Crippen molar-refractivity contribution in [3.05, 3.63) is 61.5 Å². The molecular formula is C14H8ClNO3S. The van der Waals surface area contributed by atoms with Crippen LogP contribution in [0.2, 0.25) is 5.02 Å². The van der Waals surface area contributed by atoms with Gasteiger partial charge in [-0.25, -0.2) is 0 Å². The molecule has 0 atom stereocenters. The van der Waals surface area contributed by atoms with Gasteiger partial charge in [-0.2, -0.15) is 0 Å². The fourth-order valence-corrected chi connectivity index (χ4v) is 2.84. The highest BCUT2D eigenvalue weighted by Gasteiger charge is 2.21. The van der Waals surface area contributed by atoms with E-state index in [0.717, 1.165) is 0 Å². The molecule has 0 saturated heterocycles. The third-order valence-electron chi connectivity index (χ3n) is 2.92. The Bertz CT molecular complexity index is 868. The van der Waals surface area contributed by atoms with Gasteiger partial charge in [-0.05, 0) is 29.6 Å². The van der Waals surface area contributed by atoms with Crippen molar-refractivity contribution in [2.45, 2.75) is 0 Å². The Morgan fingerprint density at radius 1 is 1.30 bits per heavy atom. The summed E-state index contributed by atoms with van der Waals surface area (Å²) < 4.78 is 0. The molecule has 2 heterocycles. The Labute approximate surface area is 122 Å². The van der Waals surface area contributed by atoms with Gasteiger partial charge in [0.25, 0.3) is 5.56 Å². The molecule has 20 heavy (non-hydrogen) atoms. The normalized spacial score (nSPS) is 10.8. The number of nitrogens with one attached hydrogen (secondary N) is 1. The zero-order valence-electron chi connectivity index (χ0n) is 10.0. The van der Waals surface area contributed by atoms with Gasteiger partial charge >= 0.3 is 0 Å². The minimum atomic E-state index is -0.629. The van der Waals surface area contributed by atoms with Crippen LogP contribution in [0.4, 0.5) is 0 Å². The van der Waals surface area contributed by atoms with Gasteiger partial charge in [-0.1, -0.05) is 17.7 Å². The number of thiophene rings is 1. The lowest BCUT2D eigenvalue weighted by molar-refractivity contribution is 0.103. The molecule has 1 aromatic carbocycles. The van der Waals surface area contributed by atoms with Gasteiger partial charge in [0.15, 0.2) is 0 Å². The molecule has 0 saturated carbocycles. The molecular weight excluding hydrogens is 298 g/mol. The minimum absolute atomic E-state index is 0.248. The van der Waals surface area contributed by atoms with Gasteiger partial charge in [0.2, 0.25) is 5.78 Å². The number of H-pyrrole nitrogens is 1. The highest BCUT2D eigenvalue weighted by Crippen LogP contribution is 2.28. The van der Waals surface area contributed by atoms with E-state index in [1.807, 2.05) is 0 Å². The summed E-state index contributed by atoms with van der Waals surface area (Å²) in [5, 5.41) is 12.8. The van der Waals surface area contributed by atoms with Crippen LogP contribution in [0.15, 0.2) is 40.5 Å². The van der Waals surface area contributed by atoms with Crippen molar-refractivity contribution in [1.29, 1.82) is 0 Å². The van der Waals surface area contributed by atoms with Crippen LogP contribution in [0.1, 0.15) is 15.2 Å². The van der Waals surface area contributed by atoms with Gasteiger partial charge in [0, 0.05) is 10.4 Å². The number of aromatic nitrogens is 1. The molecule has 4 nitrogen and oxygen atoms in total. The summed E-state index contributed by atoms with van der Waals surface area (Å²) in [5.74, 6) is -0.811. The number of hydrogen-bond acceptors (Lipinski definition) is 4. The Hall–Kier alpha value is -2.11. The molecule has 0 unspecified atom stereocenters. The zero-order chi connectivity index (χ0) is 14.3. The number of rotatable bonds is 2. The van der Waals surface area contributed by atoms with E-state index in [2.05, 4.69) is 4.98 Å². The fourth-order valence-electron chi connectivity index (χ4n) is 2.00. The van der Waals surface area contributed by atoms with Gasteiger partial charge in [-0.3, -0.25) is 9.59 Å². The average molecular weight is 306 g/mol. The molecule has 0 aliphatic heterocycles. The predicted octanol–water partition coefficient (Wildman–Crippen LogP) is 3.18. The second kappa shape index (κ2) is 4.77. The maximum absolute atomic E-state index is 12.3. The Morgan fingerprint density at radius 2 is 2.10 bits per heavy atom. The summed E-state index contributed by atoms with van der Waals surface area (Å²) in [5.41, 5.74) is -0.485. The number of carbonyl (C=O) groups excluding carboxylic acids is 1. The first-order valence-corrected chi connectivity index (χ1v) is 6.96. The first kappa shape index (κ1) is 12.9. The smallest absolute Gasteiger partial charge is 0.263 e. The van der Waals surface area contributed by atoms with Crippen LogP contribution in [0.25, 0.3) is 10.9 Å². The van der Waals surface area contributed by atoms with Crippen molar-refractivity contribution < 1.29 is 9.90 Å². The molecule has 0 aliphatic rings. The number of aromatic hydroxyl groups is 1. The molecule has 0 spiro atoms. The van der Waals surface area contributed by atoms with E-state index < -0.39 is 11.3 Å². The van der Waals surface area contributed by atoms with Crippen molar-refractivity contribution in [3.8, 4) is 5.75 Å². The number of benzene rings is 1. The van der Waals surface area contributed by atoms with E-state index in [9.17, 15) is 14.7 Å². The molecule has 0 bridgehead atoms. The van der Waals surface area contributed by atoms with E-state index in [0.29, 0.717) is 20.8 Å². The monoisotopic (exact) mass is 305 g/mol. The lowest BCUT2D eigenvalue weighted by Gasteiger charge is -2.06. The number of aromatic amines is 1. The zero-order valence-corrected chi connectivity index (χ0v) is 11.6. The van der Waals surface area contributed by atoms with Crippen LogP contribution < -0.4 is 5.56 Å². The third kappa shape index (κ3) is 2.01. The standard InChI is InChI=1S/C14H8ClNO3S/c15-7-3-4-8-9(6-7)16-14(19)11(12(8)17)13(18)10-2-1-5-20-10/h1-6H,(H2,16,17,19). The van der Waals surface area contributed by atoms with E-state index in [-0.39, 0.29) is 11.3 Å². The summed E-state index contributed by atoms with van der Waals surface area (Å²) in [6.45, 7) is 0. The third-order valence-corrected chi connectivity index (χ3v) is 4.02. The van der Waals surface area contributed by atoms with Gasteiger partial charge < -0.3 is 10.1 Å². The van der Waals surface area contributed by atoms with E-state index in [1.54, 1.807) is 29.6 Å². The summed E-state index contributed by atoms with van der Waals surface area (Å²) in [6.07, 6.45) is 0. The summed E-state index contributed by atoms with van der Waals surface area (Å²) in [4.78, 5) is 27.3. The average Bonchev–Trinajstić information content (AvgIpc) is 2.91. The predicted molar refractivity (Wildman–Crippen MR) is 79.0 cm³/mol. The van der Waals surface area contributed by atoms with E-state index >= 15 is 0 Å². The lowest BCUT2D eigenvalue weighted by atomic mass is 10.1. The summed E-state index contributed by atoms with van der Waals surface area (Å²) in [7, 11) is 0. The molecule has 6 heteroatoms. The van der Waals surface area contributed by atoms with Crippen molar-refractivity contribution in [2.75, 3.05) is 0 Å². The number of carbonyl (C=O) groups is 1. The summed E-state index contributed by atoms with van der Waals surface area (Å²) >= 11 is 7.05. The number of ketones is 1.